The number of rotatable bonds is 6. The number of methoxy groups -OCH3 is 1. The molecule has 0 spiro atoms. The van der Waals surface area contributed by atoms with Gasteiger partial charge in [-0.25, -0.2) is 4.39 Å². The molecule has 1 fully saturated rings. The van der Waals surface area contributed by atoms with E-state index in [1.54, 1.807) is 19.4 Å². The molecule has 0 saturated carbocycles. The average molecular weight is 444 g/mol. The van der Waals surface area contributed by atoms with Gasteiger partial charge in [0.2, 0.25) is 0 Å². The molecular weight excluding hydrogens is 421 g/mol. The topological polar surface area (TPSA) is 59.6 Å². The summed E-state index contributed by atoms with van der Waals surface area (Å²) in [6.45, 7) is 5.07. The molecule has 0 bridgehead atoms. The summed E-state index contributed by atoms with van der Waals surface area (Å²) in [5.74, 6) is 0.847. The number of nitrogens with zero attached hydrogens (tertiary/aromatic N) is 2. The molecule has 162 valence electrons. The van der Waals surface area contributed by atoms with Crippen LogP contribution in [0.1, 0.15) is 6.42 Å². The van der Waals surface area contributed by atoms with E-state index in [2.05, 4.69) is 14.9 Å². The monoisotopic (exact) mass is 443 g/mol. The lowest BCUT2D eigenvalue weighted by molar-refractivity contribution is 0.0357. The minimum Gasteiger partial charge on any atom is -0.493 e. The third kappa shape index (κ3) is 3.89. The number of fused-ring (bicyclic) bond motifs is 5. The van der Waals surface area contributed by atoms with Crippen molar-refractivity contribution in [3.05, 3.63) is 41.3 Å². The van der Waals surface area contributed by atoms with Crippen LogP contribution in [0.15, 0.2) is 30.5 Å². The Morgan fingerprint density at radius 3 is 2.77 bits per heavy atom. The molecule has 0 unspecified atom stereocenters. The summed E-state index contributed by atoms with van der Waals surface area (Å²) >= 11 is 5.97. The smallest absolute Gasteiger partial charge is 0.162 e. The molecular formula is C23H23ClFN3O3. The van der Waals surface area contributed by atoms with Gasteiger partial charge < -0.3 is 19.2 Å². The van der Waals surface area contributed by atoms with Gasteiger partial charge in [-0.05, 0) is 24.6 Å². The number of morpholine rings is 1. The summed E-state index contributed by atoms with van der Waals surface area (Å²) in [5, 5.41) is 2.55. The van der Waals surface area contributed by atoms with E-state index in [9.17, 15) is 4.39 Å². The standard InChI is InChI=1S/C23H23ClFN3O3/c1-29-21-12-19-15(10-22(21)31-6-2-3-28-4-7-30-8-5-28)23-16(13-26-19)14-9-18(25)17(24)11-20(14)27-23/h9-13,27H,2-8H2,1H3. The van der Waals surface area contributed by atoms with Gasteiger partial charge in [0.05, 0.1) is 43.0 Å². The van der Waals surface area contributed by atoms with E-state index in [-0.39, 0.29) is 5.02 Å². The van der Waals surface area contributed by atoms with Crippen LogP contribution in [-0.4, -0.2) is 61.4 Å². The van der Waals surface area contributed by atoms with E-state index in [1.165, 1.54) is 6.07 Å². The van der Waals surface area contributed by atoms with Crippen molar-refractivity contribution in [3.63, 3.8) is 0 Å². The molecule has 1 aliphatic heterocycles. The predicted octanol–water partition coefficient (Wildman–Crippen LogP) is 4.77. The second kappa shape index (κ2) is 8.49. The highest BCUT2D eigenvalue weighted by Gasteiger charge is 2.15. The maximum absolute atomic E-state index is 14.0. The number of H-pyrrole nitrogens is 1. The minimum atomic E-state index is -0.450. The molecule has 2 aromatic heterocycles. The number of halogens is 2. The van der Waals surface area contributed by atoms with E-state index < -0.39 is 5.82 Å². The fraction of sp³-hybridized carbons (Fsp3) is 0.348. The highest BCUT2D eigenvalue weighted by Crippen LogP contribution is 2.37. The molecule has 1 saturated heterocycles. The van der Waals surface area contributed by atoms with Crippen LogP contribution >= 0.6 is 11.6 Å². The normalized spacial score (nSPS) is 15.2. The Balaban J connectivity index is 1.46. The summed E-state index contributed by atoms with van der Waals surface area (Å²) in [5.41, 5.74) is 2.39. The Morgan fingerprint density at radius 2 is 1.97 bits per heavy atom. The van der Waals surface area contributed by atoms with Gasteiger partial charge in [-0.2, -0.15) is 0 Å². The zero-order chi connectivity index (χ0) is 21.4. The second-order valence-electron chi connectivity index (χ2n) is 7.66. The van der Waals surface area contributed by atoms with Gasteiger partial charge in [0.25, 0.3) is 0 Å². The van der Waals surface area contributed by atoms with Crippen LogP contribution in [0.25, 0.3) is 32.7 Å². The van der Waals surface area contributed by atoms with Crippen molar-refractivity contribution >= 4 is 44.3 Å². The molecule has 1 N–H and O–H groups in total. The number of pyridine rings is 1. The number of hydrogen-bond donors (Lipinski definition) is 1. The number of nitrogens with one attached hydrogen (secondary N) is 1. The molecule has 8 heteroatoms. The molecule has 3 heterocycles. The van der Waals surface area contributed by atoms with Crippen molar-refractivity contribution in [2.24, 2.45) is 0 Å². The summed E-state index contributed by atoms with van der Waals surface area (Å²) in [4.78, 5) is 10.3. The molecule has 31 heavy (non-hydrogen) atoms. The van der Waals surface area contributed by atoms with Gasteiger partial charge in [0.15, 0.2) is 11.5 Å². The van der Waals surface area contributed by atoms with Crippen LogP contribution in [0, 0.1) is 5.82 Å². The molecule has 0 aliphatic carbocycles. The first-order valence-electron chi connectivity index (χ1n) is 10.3. The fourth-order valence-corrected chi connectivity index (χ4v) is 4.28. The molecule has 5 rings (SSSR count). The van der Waals surface area contributed by atoms with Crippen molar-refractivity contribution in [1.29, 1.82) is 0 Å². The third-order valence-electron chi connectivity index (χ3n) is 5.74. The first-order valence-corrected chi connectivity index (χ1v) is 10.7. The van der Waals surface area contributed by atoms with Crippen molar-refractivity contribution in [1.82, 2.24) is 14.9 Å². The average Bonchev–Trinajstić information content (AvgIpc) is 3.14. The van der Waals surface area contributed by atoms with Crippen molar-refractivity contribution in [2.45, 2.75) is 6.42 Å². The van der Waals surface area contributed by atoms with Gasteiger partial charge in [-0.15, -0.1) is 0 Å². The number of aromatic nitrogens is 2. The second-order valence-corrected chi connectivity index (χ2v) is 8.07. The van der Waals surface area contributed by atoms with E-state index in [0.717, 1.165) is 72.0 Å². The quantitative estimate of drug-likeness (QED) is 0.435. The first-order chi connectivity index (χ1) is 15.1. The lowest BCUT2D eigenvalue weighted by Gasteiger charge is -2.26. The summed E-state index contributed by atoms with van der Waals surface area (Å²) in [6.07, 6.45) is 2.65. The molecule has 1 aliphatic rings. The lowest BCUT2D eigenvalue weighted by Crippen LogP contribution is -2.37. The van der Waals surface area contributed by atoms with Gasteiger partial charge in [-0.1, -0.05) is 11.6 Å². The van der Waals surface area contributed by atoms with Crippen molar-refractivity contribution < 1.29 is 18.6 Å². The molecule has 0 radical (unpaired) electrons. The maximum atomic E-state index is 14.0. The molecule has 0 atom stereocenters. The summed E-state index contributed by atoms with van der Waals surface area (Å²) < 4.78 is 31.0. The van der Waals surface area contributed by atoms with Crippen molar-refractivity contribution in [2.75, 3.05) is 46.6 Å². The van der Waals surface area contributed by atoms with Gasteiger partial charge in [0.1, 0.15) is 5.82 Å². The zero-order valence-corrected chi connectivity index (χ0v) is 18.0. The highest BCUT2D eigenvalue weighted by molar-refractivity contribution is 6.32. The Bertz CT molecular complexity index is 1250. The highest BCUT2D eigenvalue weighted by atomic mass is 35.5. The third-order valence-corrected chi connectivity index (χ3v) is 6.03. The molecule has 4 aromatic rings. The zero-order valence-electron chi connectivity index (χ0n) is 17.2. The fourth-order valence-electron chi connectivity index (χ4n) is 4.11. The number of benzene rings is 2. The van der Waals surface area contributed by atoms with Crippen LogP contribution in [0.2, 0.25) is 5.02 Å². The number of aromatic amines is 1. The number of ether oxygens (including phenoxy) is 3. The SMILES string of the molecule is COc1cc2ncc3c4cc(F)c(Cl)cc4[nH]c3c2cc1OCCCN1CCOCC1. The van der Waals surface area contributed by atoms with Crippen molar-refractivity contribution in [3.8, 4) is 11.5 Å². The van der Waals surface area contributed by atoms with Crippen LogP contribution in [-0.2, 0) is 4.74 Å². The van der Waals surface area contributed by atoms with Crippen LogP contribution in [0.4, 0.5) is 4.39 Å². The van der Waals surface area contributed by atoms with Gasteiger partial charge >= 0.3 is 0 Å². The lowest BCUT2D eigenvalue weighted by atomic mass is 10.1. The van der Waals surface area contributed by atoms with Crippen LogP contribution in [0.3, 0.4) is 0 Å². The largest absolute Gasteiger partial charge is 0.493 e. The van der Waals surface area contributed by atoms with Crippen LogP contribution in [0.5, 0.6) is 11.5 Å². The Morgan fingerprint density at radius 1 is 1.13 bits per heavy atom. The maximum Gasteiger partial charge on any atom is 0.162 e. The first kappa shape index (κ1) is 20.3. The van der Waals surface area contributed by atoms with Crippen LogP contribution < -0.4 is 9.47 Å². The minimum absolute atomic E-state index is 0.0854. The van der Waals surface area contributed by atoms with E-state index >= 15 is 0 Å². The molecule has 6 nitrogen and oxygen atoms in total. The van der Waals surface area contributed by atoms with E-state index in [1.807, 2.05) is 12.1 Å². The summed E-state index contributed by atoms with van der Waals surface area (Å²) in [6, 6.07) is 6.85. The number of hydrogen-bond acceptors (Lipinski definition) is 5. The van der Waals surface area contributed by atoms with E-state index in [4.69, 9.17) is 25.8 Å². The van der Waals surface area contributed by atoms with Gasteiger partial charge in [-0.3, -0.25) is 9.88 Å². The Kier molecular flexibility index (Phi) is 5.56. The summed E-state index contributed by atoms with van der Waals surface area (Å²) in [7, 11) is 1.62. The Labute approximate surface area is 183 Å². The predicted molar refractivity (Wildman–Crippen MR) is 120 cm³/mol. The molecule has 0 amide bonds. The van der Waals surface area contributed by atoms with Gasteiger partial charge in [0, 0.05) is 53.6 Å². The molecule has 2 aromatic carbocycles. The van der Waals surface area contributed by atoms with E-state index in [0.29, 0.717) is 18.1 Å². The Hall–Kier alpha value is -2.61.